The van der Waals surface area contributed by atoms with Gasteiger partial charge in [0.05, 0.1) is 39.9 Å². The first-order valence-electron chi connectivity index (χ1n) is 25.3. The number of hydrogen-bond acceptors (Lipinski definition) is 5. The molecule has 0 aromatic heterocycles. The standard InChI is InChI=1S/C53H97N2O6P/c1-6-8-10-12-14-16-18-20-22-24-25-26-27-28-29-31-33-35-37-39-41-43-45-47-53(57)54-51(50-61-62(58,59)60-49-48-55(3,4)5)52(56)46-44-42-40-38-36-34-32-30-23-21-19-17-15-13-11-9-7-2/h8,10,14,16,20,22,25-26,36,38,44,46,51-52,56H,6-7,9,11-13,15,17-19,21,23-24,27-35,37,39-43,45,47-50H2,1-5H3,(H-,54,57,58,59)/p+1/b10-8-,16-14-,22-20-,26-25-,38-36+,46-44+. The second kappa shape index (κ2) is 44.2. The van der Waals surface area contributed by atoms with E-state index < -0.39 is 20.0 Å². The van der Waals surface area contributed by atoms with Crippen molar-refractivity contribution in [2.24, 2.45) is 0 Å². The number of allylic oxidation sites excluding steroid dienone is 11. The van der Waals surface area contributed by atoms with Crippen LogP contribution in [0.3, 0.4) is 0 Å². The summed E-state index contributed by atoms with van der Waals surface area (Å²) in [5, 5.41) is 13.9. The molecule has 0 spiro atoms. The van der Waals surface area contributed by atoms with Gasteiger partial charge in [-0.2, -0.15) is 0 Å². The van der Waals surface area contributed by atoms with Crippen LogP contribution >= 0.6 is 7.82 Å². The van der Waals surface area contributed by atoms with Crippen molar-refractivity contribution in [2.75, 3.05) is 40.9 Å². The predicted octanol–water partition coefficient (Wildman–Crippen LogP) is 14.8. The van der Waals surface area contributed by atoms with E-state index in [1.807, 2.05) is 27.2 Å². The zero-order chi connectivity index (χ0) is 45.7. The first kappa shape index (κ1) is 59.9. The number of phosphoric ester groups is 1. The summed E-state index contributed by atoms with van der Waals surface area (Å²) in [7, 11) is 1.54. The lowest BCUT2D eigenvalue weighted by Gasteiger charge is -2.25. The summed E-state index contributed by atoms with van der Waals surface area (Å²) < 4.78 is 23.6. The van der Waals surface area contributed by atoms with Gasteiger partial charge in [-0.05, 0) is 70.6 Å². The van der Waals surface area contributed by atoms with Gasteiger partial charge in [-0.25, -0.2) is 4.57 Å². The summed E-state index contributed by atoms with van der Waals surface area (Å²) in [6.45, 7) is 4.67. The molecule has 1 amide bonds. The van der Waals surface area contributed by atoms with Gasteiger partial charge in [0.15, 0.2) is 0 Å². The molecule has 0 saturated heterocycles. The predicted molar refractivity (Wildman–Crippen MR) is 267 cm³/mol. The summed E-state index contributed by atoms with van der Waals surface area (Å²) in [5.74, 6) is -0.194. The summed E-state index contributed by atoms with van der Waals surface area (Å²) >= 11 is 0. The minimum absolute atomic E-state index is 0.0524. The van der Waals surface area contributed by atoms with E-state index in [4.69, 9.17) is 9.05 Å². The highest BCUT2D eigenvalue weighted by molar-refractivity contribution is 7.47. The number of likely N-dealkylation sites (N-methyl/N-ethyl adjacent to an activating group) is 1. The normalized spacial score (nSPS) is 14.8. The number of carbonyl (C=O) groups excluding carboxylic acids is 1. The van der Waals surface area contributed by atoms with Crippen molar-refractivity contribution in [2.45, 2.75) is 219 Å². The number of rotatable bonds is 45. The first-order valence-corrected chi connectivity index (χ1v) is 26.8. The number of aliphatic hydroxyl groups excluding tert-OH is 1. The van der Waals surface area contributed by atoms with Crippen LogP contribution in [-0.4, -0.2) is 73.4 Å². The lowest BCUT2D eigenvalue weighted by molar-refractivity contribution is -0.870. The molecule has 9 heteroatoms. The van der Waals surface area contributed by atoms with Gasteiger partial charge in [0, 0.05) is 6.42 Å². The number of aliphatic hydroxyl groups is 1. The number of amides is 1. The molecule has 0 rings (SSSR count). The molecule has 0 aliphatic rings. The van der Waals surface area contributed by atoms with E-state index >= 15 is 0 Å². The Morgan fingerprint density at radius 2 is 0.984 bits per heavy atom. The van der Waals surface area contributed by atoms with Gasteiger partial charge >= 0.3 is 7.82 Å². The van der Waals surface area contributed by atoms with E-state index in [0.717, 1.165) is 64.2 Å². The lowest BCUT2D eigenvalue weighted by atomic mass is 10.0. The van der Waals surface area contributed by atoms with Crippen molar-refractivity contribution in [1.82, 2.24) is 5.32 Å². The van der Waals surface area contributed by atoms with Gasteiger partial charge < -0.3 is 19.8 Å². The van der Waals surface area contributed by atoms with E-state index in [2.05, 4.69) is 79.9 Å². The van der Waals surface area contributed by atoms with Crippen LogP contribution in [0, 0.1) is 0 Å². The van der Waals surface area contributed by atoms with Crippen LogP contribution in [0.2, 0.25) is 0 Å². The zero-order valence-electron chi connectivity index (χ0n) is 40.8. The van der Waals surface area contributed by atoms with E-state index in [1.54, 1.807) is 6.08 Å². The summed E-state index contributed by atoms with van der Waals surface area (Å²) in [6.07, 6.45) is 59.8. The average molecular weight is 890 g/mol. The largest absolute Gasteiger partial charge is 0.472 e. The molecule has 3 N–H and O–H groups in total. The van der Waals surface area contributed by atoms with Crippen LogP contribution in [0.4, 0.5) is 0 Å². The summed E-state index contributed by atoms with van der Waals surface area (Å²) in [6, 6.07) is -0.869. The number of hydrogen-bond donors (Lipinski definition) is 3. The fraction of sp³-hybridized carbons (Fsp3) is 0.755. The van der Waals surface area contributed by atoms with Gasteiger partial charge in [0.2, 0.25) is 5.91 Å². The first-order chi connectivity index (χ1) is 30.0. The van der Waals surface area contributed by atoms with Gasteiger partial charge in [0.25, 0.3) is 0 Å². The summed E-state index contributed by atoms with van der Waals surface area (Å²) in [4.78, 5) is 23.2. The summed E-state index contributed by atoms with van der Waals surface area (Å²) in [5.41, 5.74) is 0. The van der Waals surface area contributed by atoms with E-state index in [1.165, 1.54) is 122 Å². The van der Waals surface area contributed by atoms with Crippen LogP contribution in [0.5, 0.6) is 0 Å². The number of unbranched alkanes of at least 4 members (excludes halogenated alkanes) is 22. The van der Waals surface area contributed by atoms with Gasteiger partial charge in [-0.3, -0.25) is 13.8 Å². The minimum atomic E-state index is -4.35. The molecule has 360 valence electrons. The Kier molecular flexibility index (Phi) is 42.7. The number of carbonyl (C=O) groups is 1. The van der Waals surface area contributed by atoms with Gasteiger partial charge in [0.1, 0.15) is 13.2 Å². The molecule has 0 fully saturated rings. The molecule has 0 aromatic carbocycles. The number of quaternary nitrogens is 1. The van der Waals surface area contributed by atoms with Crippen LogP contribution in [-0.2, 0) is 18.4 Å². The molecular formula is C53H98N2O6P+. The Labute approximate surface area is 383 Å². The Hall–Kier alpha value is -2.06. The van der Waals surface area contributed by atoms with Crippen molar-refractivity contribution < 1.29 is 32.9 Å². The topological polar surface area (TPSA) is 105 Å². The lowest BCUT2D eigenvalue weighted by Crippen LogP contribution is -2.45. The maximum Gasteiger partial charge on any atom is 0.472 e. The number of phosphoric acid groups is 1. The Balaban J connectivity index is 4.36. The maximum atomic E-state index is 12.9. The molecule has 0 aliphatic heterocycles. The second-order valence-electron chi connectivity index (χ2n) is 18.2. The third-order valence-electron chi connectivity index (χ3n) is 10.9. The minimum Gasteiger partial charge on any atom is -0.387 e. The molecule has 3 atom stereocenters. The highest BCUT2D eigenvalue weighted by Crippen LogP contribution is 2.43. The van der Waals surface area contributed by atoms with Crippen LogP contribution in [0.1, 0.15) is 206 Å². The molecule has 0 bridgehead atoms. The molecule has 8 nitrogen and oxygen atoms in total. The molecule has 0 radical (unpaired) electrons. The molecule has 0 aromatic rings. The van der Waals surface area contributed by atoms with Gasteiger partial charge in [-0.15, -0.1) is 0 Å². The Morgan fingerprint density at radius 3 is 1.48 bits per heavy atom. The third-order valence-corrected chi connectivity index (χ3v) is 11.9. The van der Waals surface area contributed by atoms with Crippen molar-refractivity contribution in [3.05, 3.63) is 72.9 Å². The van der Waals surface area contributed by atoms with Crippen LogP contribution in [0.25, 0.3) is 0 Å². The van der Waals surface area contributed by atoms with E-state index in [0.29, 0.717) is 17.4 Å². The molecule has 3 unspecified atom stereocenters. The van der Waals surface area contributed by atoms with Crippen molar-refractivity contribution in [1.29, 1.82) is 0 Å². The van der Waals surface area contributed by atoms with Crippen molar-refractivity contribution >= 4 is 13.7 Å². The van der Waals surface area contributed by atoms with Crippen molar-refractivity contribution in [3.8, 4) is 0 Å². The average Bonchev–Trinajstić information content (AvgIpc) is 3.23. The van der Waals surface area contributed by atoms with E-state index in [9.17, 15) is 19.4 Å². The number of nitrogens with one attached hydrogen (secondary N) is 1. The fourth-order valence-corrected chi connectivity index (χ4v) is 7.67. The third kappa shape index (κ3) is 45.9. The molecule has 62 heavy (non-hydrogen) atoms. The molecule has 0 heterocycles. The second-order valence-corrected chi connectivity index (χ2v) is 19.6. The van der Waals surface area contributed by atoms with Gasteiger partial charge in [-0.1, -0.05) is 202 Å². The quantitative estimate of drug-likeness (QED) is 0.0243. The monoisotopic (exact) mass is 890 g/mol. The van der Waals surface area contributed by atoms with Crippen LogP contribution < -0.4 is 5.32 Å². The SMILES string of the molecule is CC/C=C\C/C=C\C/C=C\C/C=C\CCCCCCCCCCCCC(=O)NC(COP(=O)(O)OCC[N+](C)(C)C)C(O)/C=C/CC/C=C/CCCCCCCCCCCCC. The maximum absolute atomic E-state index is 12.9. The fourth-order valence-electron chi connectivity index (χ4n) is 6.93. The number of nitrogens with zero attached hydrogens (tertiary/aromatic N) is 1. The van der Waals surface area contributed by atoms with Crippen LogP contribution in [0.15, 0.2) is 72.9 Å². The highest BCUT2D eigenvalue weighted by Gasteiger charge is 2.27. The Bertz CT molecular complexity index is 1240. The Morgan fingerprint density at radius 1 is 0.565 bits per heavy atom. The molecule has 0 aliphatic carbocycles. The van der Waals surface area contributed by atoms with Crippen molar-refractivity contribution in [3.63, 3.8) is 0 Å². The zero-order valence-corrected chi connectivity index (χ0v) is 41.7. The van der Waals surface area contributed by atoms with E-state index in [-0.39, 0.29) is 19.1 Å². The smallest absolute Gasteiger partial charge is 0.387 e. The molecule has 0 saturated carbocycles. The molecular weight excluding hydrogens is 792 g/mol. The highest BCUT2D eigenvalue weighted by atomic mass is 31.2.